The maximum atomic E-state index is 11.9. The Morgan fingerprint density at radius 3 is 3.24 bits per heavy atom. The highest BCUT2D eigenvalue weighted by Gasteiger charge is 2.20. The molecule has 1 aliphatic rings. The fraction of sp³-hybridized carbons (Fsp3) is 0.545. The van der Waals surface area contributed by atoms with Gasteiger partial charge < -0.3 is 4.74 Å². The molecule has 0 bridgehead atoms. The lowest BCUT2D eigenvalue weighted by molar-refractivity contribution is 0.0496. The molecule has 0 radical (unpaired) electrons. The maximum Gasteiger partial charge on any atom is 0.345 e. The molecule has 5 nitrogen and oxygen atoms in total. The Kier molecular flexibility index (Phi) is 3.83. The van der Waals surface area contributed by atoms with Crippen LogP contribution in [0.4, 0.5) is 0 Å². The first-order chi connectivity index (χ1) is 8.24. The van der Waals surface area contributed by atoms with E-state index >= 15 is 0 Å². The average Bonchev–Trinajstić information content (AvgIpc) is 2.78. The van der Waals surface area contributed by atoms with Crippen molar-refractivity contribution in [2.24, 2.45) is 0 Å². The van der Waals surface area contributed by atoms with Crippen molar-refractivity contribution in [3.05, 3.63) is 22.1 Å². The molecule has 2 rings (SSSR count). The minimum atomic E-state index is -0.567. The highest BCUT2D eigenvalue weighted by Crippen LogP contribution is 2.20. The van der Waals surface area contributed by atoms with Gasteiger partial charge in [0.1, 0.15) is 5.56 Å². The van der Waals surface area contributed by atoms with Gasteiger partial charge in [0.25, 0.3) is 5.56 Å². The molecule has 0 saturated heterocycles. The molecule has 0 unspecified atom stereocenters. The van der Waals surface area contributed by atoms with Gasteiger partial charge in [-0.05, 0) is 6.42 Å². The summed E-state index contributed by atoms with van der Waals surface area (Å²) in [6.45, 7) is 2.98. The summed E-state index contributed by atoms with van der Waals surface area (Å²) < 4.78 is 6.54. The lowest BCUT2D eigenvalue weighted by atomic mass is 10.3. The fourth-order valence-electron chi connectivity index (χ4n) is 1.54. The van der Waals surface area contributed by atoms with E-state index in [2.05, 4.69) is 4.98 Å². The SMILES string of the molecule is CCCCOC(=O)c1cnc2n(c1=O)CCS2. The van der Waals surface area contributed by atoms with Gasteiger partial charge in [0.2, 0.25) is 0 Å². The zero-order valence-corrected chi connectivity index (χ0v) is 10.5. The number of thioether (sulfide) groups is 1. The third-order valence-electron chi connectivity index (χ3n) is 2.51. The second kappa shape index (κ2) is 5.35. The summed E-state index contributed by atoms with van der Waals surface area (Å²) >= 11 is 1.52. The Labute approximate surface area is 103 Å². The molecule has 0 atom stereocenters. The van der Waals surface area contributed by atoms with E-state index in [0.717, 1.165) is 18.6 Å². The van der Waals surface area contributed by atoms with Crippen LogP contribution in [0.15, 0.2) is 16.1 Å². The number of carbonyl (C=O) groups excluding carboxylic acids is 1. The summed E-state index contributed by atoms with van der Waals surface area (Å²) in [5, 5.41) is 0.681. The van der Waals surface area contributed by atoms with Crippen LogP contribution in [0.5, 0.6) is 0 Å². The van der Waals surface area contributed by atoms with Crippen LogP contribution in [-0.4, -0.2) is 27.9 Å². The topological polar surface area (TPSA) is 61.2 Å². The highest BCUT2D eigenvalue weighted by atomic mass is 32.2. The van der Waals surface area contributed by atoms with Gasteiger partial charge in [-0.15, -0.1) is 0 Å². The van der Waals surface area contributed by atoms with Crippen LogP contribution < -0.4 is 5.56 Å². The molecule has 17 heavy (non-hydrogen) atoms. The monoisotopic (exact) mass is 254 g/mol. The average molecular weight is 254 g/mol. The van der Waals surface area contributed by atoms with Crippen molar-refractivity contribution in [1.82, 2.24) is 9.55 Å². The second-order valence-corrected chi connectivity index (χ2v) is 4.81. The smallest absolute Gasteiger partial charge is 0.345 e. The molecule has 2 heterocycles. The van der Waals surface area contributed by atoms with E-state index in [1.54, 1.807) is 0 Å². The molecular formula is C11H14N2O3S. The van der Waals surface area contributed by atoms with Crippen molar-refractivity contribution in [2.45, 2.75) is 31.5 Å². The van der Waals surface area contributed by atoms with E-state index in [-0.39, 0.29) is 11.1 Å². The first-order valence-electron chi connectivity index (χ1n) is 5.63. The predicted octanol–water partition coefficient (Wildman–Crippen LogP) is 1.31. The number of nitrogens with zero attached hydrogens (tertiary/aromatic N) is 2. The number of fused-ring (bicyclic) bond motifs is 1. The molecule has 92 valence electrons. The number of carbonyl (C=O) groups is 1. The van der Waals surface area contributed by atoms with Crippen molar-refractivity contribution in [3.8, 4) is 0 Å². The van der Waals surface area contributed by atoms with Gasteiger partial charge in [-0.25, -0.2) is 9.78 Å². The maximum absolute atomic E-state index is 11.9. The molecule has 0 aliphatic carbocycles. The van der Waals surface area contributed by atoms with Gasteiger partial charge in [-0.3, -0.25) is 9.36 Å². The van der Waals surface area contributed by atoms with Gasteiger partial charge in [-0.1, -0.05) is 25.1 Å². The molecule has 0 N–H and O–H groups in total. The van der Waals surface area contributed by atoms with E-state index in [1.165, 1.54) is 22.5 Å². The van der Waals surface area contributed by atoms with E-state index in [1.807, 2.05) is 6.92 Å². The second-order valence-electron chi connectivity index (χ2n) is 3.75. The fourth-order valence-corrected chi connectivity index (χ4v) is 2.46. The molecule has 0 amide bonds. The van der Waals surface area contributed by atoms with Gasteiger partial charge >= 0.3 is 5.97 Å². The minimum absolute atomic E-state index is 0.0346. The molecule has 0 fully saturated rings. The molecule has 6 heteroatoms. The van der Waals surface area contributed by atoms with Crippen molar-refractivity contribution in [1.29, 1.82) is 0 Å². The number of rotatable bonds is 4. The van der Waals surface area contributed by atoms with Crippen LogP contribution in [0.25, 0.3) is 0 Å². The van der Waals surface area contributed by atoms with Crippen molar-refractivity contribution < 1.29 is 9.53 Å². The minimum Gasteiger partial charge on any atom is -0.462 e. The number of esters is 1. The molecule has 1 aromatic heterocycles. The number of unbranched alkanes of at least 4 members (excludes halogenated alkanes) is 1. The zero-order chi connectivity index (χ0) is 12.3. The Balaban J connectivity index is 2.16. The lowest BCUT2D eigenvalue weighted by Gasteiger charge is -2.05. The molecule has 1 aliphatic heterocycles. The Morgan fingerprint density at radius 1 is 1.65 bits per heavy atom. The number of hydrogen-bond acceptors (Lipinski definition) is 5. The number of ether oxygens (including phenoxy) is 1. The first kappa shape index (κ1) is 12.2. The molecule has 0 spiro atoms. The van der Waals surface area contributed by atoms with Crippen LogP contribution in [0.2, 0.25) is 0 Å². The van der Waals surface area contributed by atoms with E-state index in [0.29, 0.717) is 18.3 Å². The molecular weight excluding hydrogens is 240 g/mol. The molecule has 1 aromatic rings. The summed E-state index contributed by atoms with van der Waals surface area (Å²) in [6.07, 6.45) is 3.08. The standard InChI is InChI=1S/C11H14N2O3S/c1-2-3-5-16-10(15)8-7-12-11-13(9(8)14)4-6-17-11/h7H,2-6H2,1H3. The van der Waals surface area contributed by atoms with Gasteiger partial charge in [0, 0.05) is 18.5 Å². The Hall–Kier alpha value is -1.30. The first-order valence-corrected chi connectivity index (χ1v) is 6.62. The Morgan fingerprint density at radius 2 is 2.47 bits per heavy atom. The van der Waals surface area contributed by atoms with E-state index in [4.69, 9.17) is 4.74 Å². The highest BCUT2D eigenvalue weighted by molar-refractivity contribution is 7.99. The summed E-state index contributed by atoms with van der Waals surface area (Å²) in [5.41, 5.74) is -0.256. The summed E-state index contributed by atoms with van der Waals surface area (Å²) in [5.74, 6) is 0.263. The van der Waals surface area contributed by atoms with Crippen molar-refractivity contribution in [3.63, 3.8) is 0 Å². The van der Waals surface area contributed by atoms with Gasteiger partial charge in [0.05, 0.1) is 6.61 Å². The van der Waals surface area contributed by atoms with Gasteiger partial charge in [-0.2, -0.15) is 0 Å². The molecule has 0 saturated carbocycles. The van der Waals surface area contributed by atoms with Crippen LogP contribution >= 0.6 is 11.8 Å². The third kappa shape index (κ3) is 2.52. The van der Waals surface area contributed by atoms with Crippen LogP contribution in [-0.2, 0) is 11.3 Å². The summed E-state index contributed by atoms with van der Waals surface area (Å²) in [7, 11) is 0. The Bertz CT molecular complexity index is 484. The number of hydrogen-bond donors (Lipinski definition) is 0. The quantitative estimate of drug-likeness (QED) is 0.460. The number of aromatic nitrogens is 2. The zero-order valence-electron chi connectivity index (χ0n) is 9.64. The van der Waals surface area contributed by atoms with E-state index in [9.17, 15) is 9.59 Å². The summed E-state index contributed by atoms with van der Waals surface area (Å²) in [6, 6.07) is 0. The van der Waals surface area contributed by atoms with Crippen LogP contribution in [0, 0.1) is 0 Å². The molecule has 0 aromatic carbocycles. The van der Waals surface area contributed by atoms with Crippen molar-refractivity contribution >= 4 is 17.7 Å². The van der Waals surface area contributed by atoms with Gasteiger partial charge in [0.15, 0.2) is 5.16 Å². The third-order valence-corrected chi connectivity index (χ3v) is 3.48. The predicted molar refractivity (Wildman–Crippen MR) is 64.4 cm³/mol. The van der Waals surface area contributed by atoms with Crippen LogP contribution in [0.3, 0.4) is 0 Å². The van der Waals surface area contributed by atoms with Crippen molar-refractivity contribution in [2.75, 3.05) is 12.4 Å². The lowest BCUT2D eigenvalue weighted by Crippen LogP contribution is -2.27. The normalized spacial score (nSPS) is 13.5. The van der Waals surface area contributed by atoms with E-state index < -0.39 is 5.97 Å². The van der Waals surface area contributed by atoms with Crippen LogP contribution in [0.1, 0.15) is 30.1 Å². The largest absolute Gasteiger partial charge is 0.462 e. The summed E-state index contributed by atoms with van der Waals surface area (Å²) in [4.78, 5) is 27.7.